The van der Waals surface area contributed by atoms with Gasteiger partial charge in [0.15, 0.2) is 0 Å². The van der Waals surface area contributed by atoms with Gasteiger partial charge in [0, 0.05) is 12.2 Å². The molecule has 1 aromatic rings. The summed E-state index contributed by atoms with van der Waals surface area (Å²) >= 11 is 0. The van der Waals surface area contributed by atoms with Crippen molar-refractivity contribution in [3.8, 4) is 0 Å². The minimum Gasteiger partial charge on any atom is -0.481 e. The monoisotopic (exact) mass is 340 g/mol. The number of anilines is 1. The molecule has 1 fully saturated rings. The van der Waals surface area contributed by atoms with E-state index in [1.807, 2.05) is 43.9 Å². The molecule has 128 valence electrons. The Hall–Kier alpha value is -1.59. The van der Waals surface area contributed by atoms with Crippen LogP contribution in [0.25, 0.3) is 0 Å². The van der Waals surface area contributed by atoms with Gasteiger partial charge in [-0.05, 0) is 51.8 Å². The fourth-order valence-corrected chi connectivity index (χ4v) is 2.92. The molecule has 0 aromatic heterocycles. The number of carbonyl (C=O) groups excluding carboxylic acids is 1. The number of halogens is 1. The number of nitrogens with zero attached hydrogens (tertiary/aromatic N) is 1. The molecule has 2 N–H and O–H groups in total. The zero-order valence-corrected chi connectivity index (χ0v) is 14.7. The van der Waals surface area contributed by atoms with Crippen molar-refractivity contribution in [1.82, 2.24) is 4.90 Å². The third-order valence-electron chi connectivity index (χ3n) is 4.37. The van der Waals surface area contributed by atoms with E-state index in [-0.39, 0.29) is 30.3 Å². The molecule has 1 saturated heterocycles. The van der Waals surface area contributed by atoms with Gasteiger partial charge in [-0.25, -0.2) is 0 Å². The number of aryl methyl sites for hydroxylation is 2. The average Bonchev–Trinajstić information content (AvgIpc) is 2.49. The first-order valence-electron chi connectivity index (χ1n) is 7.73. The minimum absolute atomic E-state index is 0. The second-order valence-corrected chi connectivity index (χ2v) is 6.16. The zero-order valence-electron chi connectivity index (χ0n) is 13.8. The number of likely N-dealkylation sites (tertiary alicyclic amines) is 1. The van der Waals surface area contributed by atoms with E-state index in [0.717, 1.165) is 29.8 Å². The Balaban J connectivity index is 0.00000264. The van der Waals surface area contributed by atoms with E-state index >= 15 is 0 Å². The zero-order chi connectivity index (χ0) is 16.3. The first-order chi connectivity index (χ1) is 10.4. The van der Waals surface area contributed by atoms with Crippen molar-refractivity contribution in [2.75, 3.05) is 18.4 Å². The van der Waals surface area contributed by atoms with Gasteiger partial charge in [-0.2, -0.15) is 0 Å². The summed E-state index contributed by atoms with van der Waals surface area (Å²) in [6.45, 7) is 7.03. The van der Waals surface area contributed by atoms with Crippen LogP contribution in [0, 0.1) is 19.8 Å². The molecular formula is C17H25ClN2O3. The van der Waals surface area contributed by atoms with Crippen LogP contribution in [0.2, 0.25) is 0 Å². The predicted molar refractivity (Wildman–Crippen MR) is 93.2 cm³/mol. The van der Waals surface area contributed by atoms with Crippen LogP contribution in [-0.4, -0.2) is 41.0 Å². The van der Waals surface area contributed by atoms with Crippen molar-refractivity contribution in [2.24, 2.45) is 5.92 Å². The summed E-state index contributed by atoms with van der Waals surface area (Å²) in [5.41, 5.74) is 3.00. The summed E-state index contributed by atoms with van der Waals surface area (Å²) < 4.78 is 0. The molecule has 2 unspecified atom stereocenters. The van der Waals surface area contributed by atoms with Crippen LogP contribution in [0.3, 0.4) is 0 Å². The van der Waals surface area contributed by atoms with E-state index in [1.165, 1.54) is 0 Å². The van der Waals surface area contributed by atoms with Gasteiger partial charge in [0.05, 0.1) is 12.0 Å². The number of nitrogens with one attached hydrogen (secondary N) is 1. The Labute approximate surface area is 143 Å². The normalized spacial score (nSPS) is 19.5. The fourth-order valence-electron chi connectivity index (χ4n) is 2.92. The van der Waals surface area contributed by atoms with E-state index in [2.05, 4.69) is 5.32 Å². The molecule has 1 heterocycles. The van der Waals surface area contributed by atoms with Crippen LogP contribution in [0.15, 0.2) is 18.2 Å². The van der Waals surface area contributed by atoms with Crippen LogP contribution in [-0.2, 0) is 9.59 Å². The molecule has 23 heavy (non-hydrogen) atoms. The minimum atomic E-state index is -0.772. The summed E-state index contributed by atoms with van der Waals surface area (Å²) in [5, 5.41) is 12.1. The molecule has 0 bridgehead atoms. The number of benzene rings is 1. The van der Waals surface area contributed by atoms with Crippen molar-refractivity contribution < 1.29 is 14.7 Å². The van der Waals surface area contributed by atoms with Gasteiger partial charge in [-0.15, -0.1) is 12.4 Å². The highest BCUT2D eigenvalue weighted by Crippen LogP contribution is 2.21. The SMILES string of the molecule is Cc1ccc(NC(=O)C(C)N2CCCC(C(=O)O)C2)c(C)c1.Cl. The van der Waals surface area contributed by atoms with Gasteiger partial charge in [0.1, 0.15) is 0 Å². The van der Waals surface area contributed by atoms with Gasteiger partial charge in [0.2, 0.25) is 5.91 Å². The van der Waals surface area contributed by atoms with E-state index in [4.69, 9.17) is 5.11 Å². The summed E-state index contributed by atoms with van der Waals surface area (Å²) in [7, 11) is 0. The Bertz CT molecular complexity index is 577. The van der Waals surface area contributed by atoms with Gasteiger partial charge < -0.3 is 10.4 Å². The summed E-state index contributed by atoms with van der Waals surface area (Å²) in [6.07, 6.45) is 1.51. The fraction of sp³-hybridized carbons (Fsp3) is 0.529. The topological polar surface area (TPSA) is 69.6 Å². The first kappa shape index (κ1) is 19.5. The Morgan fingerprint density at radius 1 is 1.35 bits per heavy atom. The quantitative estimate of drug-likeness (QED) is 0.884. The average molecular weight is 341 g/mol. The van der Waals surface area contributed by atoms with Gasteiger partial charge in [-0.1, -0.05) is 17.7 Å². The number of amides is 1. The lowest BCUT2D eigenvalue weighted by Crippen LogP contribution is -2.48. The van der Waals surface area contributed by atoms with E-state index < -0.39 is 5.97 Å². The first-order valence-corrected chi connectivity index (χ1v) is 7.73. The predicted octanol–water partition coefficient (Wildman–Crippen LogP) is 2.85. The number of piperidine rings is 1. The van der Waals surface area contributed by atoms with Crippen LogP contribution in [0.1, 0.15) is 30.9 Å². The lowest BCUT2D eigenvalue weighted by molar-refractivity contribution is -0.144. The Morgan fingerprint density at radius 3 is 2.65 bits per heavy atom. The molecule has 0 saturated carbocycles. The van der Waals surface area contributed by atoms with Crippen molar-refractivity contribution in [3.05, 3.63) is 29.3 Å². The second-order valence-electron chi connectivity index (χ2n) is 6.16. The smallest absolute Gasteiger partial charge is 0.307 e. The van der Waals surface area contributed by atoms with Crippen molar-refractivity contribution in [2.45, 2.75) is 39.7 Å². The largest absolute Gasteiger partial charge is 0.481 e. The third kappa shape index (κ3) is 4.94. The van der Waals surface area contributed by atoms with Crippen molar-refractivity contribution in [3.63, 3.8) is 0 Å². The molecule has 1 aliphatic heterocycles. The number of carbonyl (C=O) groups is 2. The van der Waals surface area contributed by atoms with E-state index in [1.54, 1.807) is 0 Å². The second kappa shape index (κ2) is 8.31. The molecule has 1 aromatic carbocycles. The number of rotatable bonds is 4. The summed E-state index contributed by atoms with van der Waals surface area (Å²) in [5.74, 6) is -1.23. The lowest BCUT2D eigenvalue weighted by Gasteiger charge is -2.34. The van der Waals surface area contributed by atoms with Crippen LogP contribution >= 0.6 is 12.4 Å². The molecule has 1 aliphatic rings. The van der Waals surface area contributed by atoms with Gasteiger partial charge in [-0.3, -0.25) is 14.5 Å². The molecule has 0 radical (unpaired) electrons. The maximum atomic E-state index is 12.4. The summed E-state index contributed by atoms with van der Waals surface area (Å²) in [4.78, 5) is 25.5. The van der Waals surface area contributed by atoms with Crippen molar-refractivity contribution in [1.29, 1.82) is 0 Å². The maximum absolute atomic E-state index is 12.4. The highest BCUT2D eigenvalue weighted by Gasteiger charge is 2.30. The molecule has 6 heteroatoms. The molecule has 5 nitrogen and oxygen atoms in total. The molecule has 0 spiro atoms. The molecule has 2 atom stereocenters. The number of hydrogen-bond acceptors (Lipinski definition) is 3. The molecule has 2 rings (SSSR count). The van der Waals surface area contributed by atoms with Crippen LogP contribution in [0.4, 0.5) is 5.69 Å². The number of hydrogen-bond donors (Lipinski definition) is 2. The van der Waals surface area contributed by atoms with Crippen molar-refractivity contribution >= 4 is 30.0 Å². The standard InChI is InChI=1S/C17H24N2O3.ClH/c1-11-6-7-15(12(2)9-11)18-16(20)13(3)19-8-4-5-14(10-19)17(21)22;/h6-7,9,13-14H,4-5,8,10H2,1-3H3,(H,18,20)(H,21,22);1H. The number of aliphatic carboxylic acids is 1. The lowest BCUT2D eigenvalue weighted by atomic mass is 9.97. The maximum Gasteiger partial charge on any atom is 0.307 e. The summed E-state index contributed by atoms with van der Waals surface area (Å²) in [6, 6.07) is 5.57. The van der Waals surface area contributed by atoms with Gasteiger partial charge >= 0.3 is 5.97 Å². The van der Waals surface area contributed by atoms with Crippen LogP contribution < -0.4 is 5.32 Å². The molecular weight excluding hydrogens is 316 g/mol. The Kier molecular flexibility index (Phi) is 7.03. The van der Waals surface area contributed by atoms with Gasteiger partial charge in [0.25, 0.3) is 0 Å². The molecule has 0 aliphatic carbocycles. The highest BCUT2D eigenvalue weighted by atomic mass is 35.5. The number of carboxylic acids is 1. The molecule has 1 amide bonds. The number of carboxylic acid groups (broad SMARTS) is 1. The Morgan fingerprint density at radius 2 is 2.04 bits per heavy atom. The van der Waals surface area contributed by atoms with E-state index in [0.29, 0.717) is 13.0 Å². The third-order valence-corrected chi connectivity index (χ3v) is 4.37. The highest BCUT2D eigenvalue weighted by molar-refractivity contribution is 5.95. The van der Waals surface area contributed by atoms with Crippen LogP contribution in [0.5, 0.6) is 0 Å². The van der Waals surface area contributed by atoms with E-state index in [9.17, 15) is 9.59 Å².